The highest BCUT2D eigenvalue weighted by Gasteiger charge is 2.25. The zero-order chi connectivity index (χ0) is 20.9. The number of allylic oxidation sites excluding steroid dienone is 2. The summed E-state index contributed by atoms with van der Waals surface area (Å²) >= 11 is 0. The number of nitrogens with one attached hydrogen (secondary N) is 3. The highest BCUT2D eigenvalue weighted by Crippen LogP contribution is 2.39. The number of aromatic amines is 1. The molecular formula is C23H26N6O. The van der Waals surface area contributed by atoms with Crippen molar-refractivity contribution in [2.75, 3.05) is 24.3 Å². The van der Waals surface area contributed by atoms with Gasteiger partial charge in [-0.3, -0.25) is 5.10 Å². The van der Waals surface area contributed by atoms with Crippen LogP contribution in [0, 0.1) is 6.92 Å². The smallest absolute Gasteiger partial charge is 0.225 e. The summed E-state index contributed by atoms with van der Waals surface area (Å²) in [4.78, 5) is 9.02. The van der Waals surface area contributed by atoms with Crippen LogP contribution in [0.5, 0.6) is 0 Å². The molecule has 7 nitrogen and oxygen atoms in total. The number of ether oxygens (including phenoxy) is 1. The number of H-pyrrole nitrogens is 1. The monoisotopic (exact) mass is 402 g/mol. The third-order valence-corrected chi connectivity index (χ3v) is 4.89. The zero-order valence-electron chi connectivity index (χ0n) is 17.3. The van der Waals surface area contributed by atoms with E-state index in [1.807, 2.05) is 55.5 Å². The molecular weight excluding hydrogens is 376 g/mol. The Bertz CT molecular complexity index is 1050. The number of rotatable bonds is 9. The van der Waals surface area contributed by atoms with Gasteiger partial charge in [0.25, 0.3) is 0 Å². The Hall–Kier alpha value is -3.61. The van der Waals surface area contributed by atoms with Crippen molar-refractivity contribution < 1.29 is 4.74 Å². The number of aromatic nitrogens is 4. The van der Waals surface area contributed by atoms with E-state index in [4.69, 9.17) is 4.74 Å². The molecule has 7 heteroatoms. The topological polar surface area (TPSA) is 87.8 Å². The summed E-state index contributed by atoms with van der Waals surface area (Å²) in [5.74, 6) is 3.34. The Labute approximate surface area is 176 Å². The van der Waals surface area contributed by atoms with E-state index in [0.29, 0.717) is 24.2 Å². The second-order valence-electron chi connectivity index (χ2n) is 7.39. The number of hydrogen-bond acceptors (Lipinski definition) is 6. The van der Waals surface area contributed by atoms with Crippen LogP contribution in [0.3, 0.4) is 0 Å². The Kier molecular flexibility index (Phi) is 5.79. The molecule has 154 valence electrons. The summed E-state index contributed by atoms with van der Waals surface area (Å²) in [6, 6.07) is 13.9. The minimum Gasteiger partial charge on any atom is -0.499 e. The fraction of sp³-hybridized carbons (Fsp3) is 0.261. The van der Waals surface area contributed by atoms with Crippen LogP contribution in [-0.2, 0) is 4.74 Å². The van der Waals surface area contributed by atoms with E-state index in [2.05, 4.69) is 37.4 Å². The van der Waals surface area contributed by atoms with E-state index in [1.54, 1.807) is 7.11 Å². The van der Waals surface area contributed by atoms with Crippen LogP contribution < -0.4 is 10.6 Å². The van der Waals surface area contributed by atoms with E-state index < -0.39 is 0 Å². The van der Waals surface area contributed by atoms with Crippen LogP contribution in [0.15, 0.2) is 60.9 Å². The van der Waals surface area contributed by atoms with Gasteiger partial charge in [0.05, 0.1) is 13.7 Å². The summed E-state index contributed by atoms with van der Waals surface area (Å²) in [5.41, 5.74) is 3.96. The zero-order valence-corrected chi connectivity index (χ0v) is 17.3. The first kappa shape index (κ1) is 19.7. The normalized spacial score (nSPS) is 13.7. The van der Waals surface area contributed by atoms with E-state index in [1.165, 1.54) is 18.5 Å². The summed E-state index contributed by atoms with van der Waals surface area (Å²) < 4.78 is 5.50. The van der Waals surface area contributed by atoms with Crippen molar-refractivity contribution in [3.8, 4) is 0 Å². The maximum Gasteiger partial charge on any atom is 0.225 e. The predicted molar refractivity (Wildman–Crippen MR) is 120 cm³/mol. The van der Waals surface area contributed by atoms with Crippen molar-refractivity contribution in [2.24, 2.45) is 0 Å². The summed E-state index contributed by atoms with van der Waals surface area (Å²) in [5, 5.41) is 13.9. The number of aryl methyl sites for hydroxylation is 1. The van der Waals surface area contributed by atoms with Gasteiger partial charge in [-0.1, -0.05) is 36.9 Å². The summed E-state index contributed by atoms with van der Waals surface area (Å²) in [6.45, 7) is 6.50. The second-order valence-corrected chi connectivity index (χ2v) is 7.39. The maximum absolute atomic E-state index is 5.50. The number of benzene rings is 1. The van der Waals surface area contributed by atoms with Gasteiger partial charge >= 0.3 is 0 Å². The molecule has 30 heavy (non-hydrogen) atoms. The molecule has 0 bridgehead atoms. The van der Waals surface area contributed by atoms with Gasteiger partial charge in [-0.2, -0.15) is 10.1 Å². The van der Waals surface area contributed by atoms with Crippen LogP contribution >= 0.6 is 0 Å². The minimum absolute atomic E-state index is 0.444. The van der Waals surface area contributed by atoms with Crippen LogP contribution in [0.4, 0.5) is 17.6 Å². The van der Waals surface area contributed by atoms with E-state index in [-0.39, 0.29) is 0 Å². The highest BCUT2D eigenvalue weighted by molar-refractivity contribution is 5.72. The number of anilines is 3. The number of methoxy groups -OCH3 is 1. The van der Waals surface area contributed by atoms with Gasteiger partial charge in [0.2, 0.25) is 5.95 Å². The molecule has 3 aromatic rings. The first-order chi connectivity index (χ1) is 14.6. The molecule has 1 aliphatic rings. The average Bonchev–Trinajstić information content (AvgIpc) is 3.50. The molecule has 1 aliphatic carbocycles. The third-order valence-electron chi connectivity index (χ3n) is 4.89. The van der Waals surface area contributed by atoms with E-state index in [0.717, 1.165) is 28.4 Å². The van der Waals surface area contributed by atoms with Gasteiger partial charge in [-0.15, -0.1) is 0 Å². The Balaban J connectivity index is 1.41. The Morgan fingerprint density at radius 2 is 2.00 bits per heavy atom. The lowest BCUT2D eigenvalue weighted by Gasteiger charge is -2.11. The molecule has 2 aromatic heterocycles. The van der Waals surface area contributed by atoms with Crippen LogP contribution in [-0.4, -0.2) is 33.8 Å². The van der Waals surface area contributed by atoms with Gasteiger partial charge in [0.1, 0.15) is 11.6 Å². The van der Waals surface area contributed by atoms with Crippen molar-refractivity contribution in [1.29, 1.82) is 0 Å². The molecule has 3 N–H and O–H groups in total. The van der Waals surface area contributed by atoms with E-state index >= 15 is 0 Å². The molecule has 0 aliphatic heterocycles. The van der Waals surface area contributed by atoms with Crippen molar-refractivity contribution >= 4 is 23.2 Å². The fourth-order valence-electron chi connectivity index (χ4n) is 3.13. The number of hydrogen-bond donors (Lipinski definition) is 3. The Morgan fingerprint density at radius 1 is 1.20 bits per heavy atom. The summed E-state index contributed by atoms with van der Waals surface area (Å²) in [6.07, 6.45) is 4.38. The van der Waals surface area contributed by atoms with E-state index in [9.17, 15) is 0 Å². The van der Waals surface area contributed by atoms with Crippen LogP contribution in [0.2, 0.25) is 0 Å². The summed E-state index contributed by atoms with van der Waals surface area (Å²) in [7, 11) is 1.64. The van der Waals surface area contributed by atoms with Gasteiger partial charge < -0.3 is 15.4 Å². The van der Waals surface area contributed by atoms with Crippen molar-refractivity contribution in [1.82, 2.24) is 20.2 Å². The standard InChI is InChI=1S/C23H26N6O/c1-15(17-7-5-4-6-8-17)11-19(30-3)14-24-23-25-16(2)12-21(27-23)26-22-13-20(28-29-22)18-9-10-18/h4-8,11-13,18H,1,9-10,14H2,2-3H3,(H3,24,25,26,27,28,29)/b19-11-. The van der Waals surface area contributed by atoms with Gasteiger partial charge in [0, 0.05) is 29.4 Å². The lowest BCUT2D eigenvalue weighted by Crippen LogP contribution is -2.10. The molecule has 1 saturated carbocycles. The molecule has 0 unspecified atom stereocenters. The molecule has 0 amide bonds. The fourth-order valence-corrected chi connectivity index (χ4v) is 3.13. The molecule has 1 aromatic carbocycles. The molecule has 0 spiro atoms. The molecule has 4 rings (SSSR count). The SMILES string of the molecule is C=C(/C=C(/CNc1nc(C)cc(Nc2cc(C3CC3)[nH]n2)n1)OC)c1ccccc1. The van der Waals surface area contributed by atoms with Crippen molar-refractivity contribution in [3.63, 3.8) is 0 Å². The molecule has 0 saturated heterocycles. The molecule has 1 fully saturated rings. The lowest BCUT2D eigenvalue weighted by molar-refractivity contribution is 0.290. The first-order valence-electron chi connectivity index (χ1n) is 10.0. The molecule has 2 heterocycles. The van der Waals surface area contributed by atoms with Gasteiger partial charge in [-0.25, -0.2) is 4.98 Å². The quantitative estimate of drug-likeness (QED) is 0.352. The van der Waals surface area contributed by atoms with Crippen molar-refractivity contribution in [2.45, 2.75) is 25.7 Å². The molecule has 0 radical (unpaired) electrons. The van der Waals surface area contributed by atoms with Crippen LogP contribution in [0.1, 0.15) is 35.7 Å². The highest BCUT2D eigenvalue weighted by atomic mass is 16.5. The first-order valence-corrected chi connectivity index (χ1v) is 10.0. The average molecular weight is 403 g/mol. The van der Waals surface area contributed by atoms with Crippen molar-refractivity contribution in [3.05, 3.63) is 77.8 Å². The predicted octanol–water partition coefficient (Wildman–Crippen LogP) is 4.78. The Morgan fingerprint density at radius 3 is 2.73 bits per heavy atom. The lowest BCUT2D eigenvalue weighted by atomic mass is 10.1. The largest absolute Gasteiger partial charge is 0.499 e. The van der Waals surface area contributed by atoms with Gasteiger partial charge in [-0.05, 0) is 37.0 Å². The third kappa shape index (κ3) is 5.05. The van der Waals surface area contributed by atoms with Crippen LogP contribution in [0.25, 0.3) is 5.57 Å². The van der Waals surface area contributed by atoms with Gasteiger partial charge in [0.15, 0.2) is 5.82 Å². The second kappa shape index (κ2) is 8.82. The molecule has 0 atom stereocenters. The maximum atomic E-state index is 5.50. The number of nitrogens with zero attached hydrogens (tertiary/aromatic N) is 3. The minimum atomic E-state index is 0.444.